The van der Waals surface area contributed by atoms with Gasteiger partial charge >= 0.3 is 12.0 Å². The zero-order chi connectivity index (χ0) is 40.1. The Morgan fingerprint density at radius 2 is 0.623 bits per heavy atom. The van der Waals surface area contributed by atoms with E-state index < -0.39 is 0 Å². The molecule has 4 aliphatic rings. The van der Waals surface area contributed by atoms with Crippen LogP contribution in [0.5, 0.6) is 12.0 Å². The average molecular weight is 741 g/mol. The quantitative estimate of drug-likeness (QED) is 0.274. The van der Waals surface area contributed by atoms with Crippen LogP contribution in [0.15, 0.2) is 0 Å². The van der Waals surface area contributed by atoms with Gasteiger partial charge in [0.05, 0.1) is 0 Å². The highest BCUT2D eigenvalue weighted by molar-refractivity contribution is 5.38. The Hall–Kier alpha value is -1.75. The topological polar surface area (TPSA) is 73.3 Å². The molecule has 0 atom stereocenters. The lowest BCUT2D eigenvalue weighted by atomic mass is 9.73. The molecule has 10 heteroatoms. The number of rotatable bonds is 7. The van der Waals surface area contributed by atoms with Crippen LogP contribution in [0.2, 0.25) is 0 Å². The summed E-state index contributed by atoms with van der Waals surface area (Å²) in [6.07, 6.45) is 7.52. The van der Waals surface area contributed by atoms with Gasteiger partial charge in [-0.25, -0.2) is 0 Å². The van der Waals surface area contributed by atoms with Gasteiger partial charge < -0.3 is 14.4 Å². The molecule has 4 fully saturated rings. The summed E-state index contributed by atoms with van der Waals surface area (Å²) >= 11 is 0. The molecule has 1 aromatic rings. The zero-order valence-corrected chi connectivity index (χ0v) is 37.9. The van der Waals surface area contributed by atoms with Crippen LogP contribution in [0.4, 0.5) is 5.95 Å². The van der Waals surface area contributed by atoms with Crippen molar-refractivity contribution in [3.8, 4) is 12.0 Å². The summed E-state index contributed by atoms with van der Waals surface area (Å²) in [5.74, 6) is 0.699. The first kappa shape index (κ1) is 42.4. The van der Waals surface area contributed by atoms with Gasteiger partial charge in [0.2, 0.25) is 5.95 Å². The molecule has 0 aromatic carbocycles. The third-order valence-electron chi connectivity index (χ3n) is 15.3. The second kappa shape index (κ2) is 13.4. The maximum absolute atomic E-state index is 6.95. The lowest BCUT2D eigenvalue weighted by molar-refractivity contribution is -0.0608. The Kier molecular flexibility index (Phi) is 10.7. The third kappa shape index (κ3) is 8.37. The van der Waals surface area contributed by atoms with Crippen LogP contribution in [-0.4, -0.2) is 131 Å². The van der Waals surface area contributed by atoms with Gasteiger partial charge in [-0.05, 0) is 165 Å². The Morgan fingerprint density at radius 3 is 0.868 bits per heavy atom. The van der Waals surface area contributed by atoms with Gasteiger partial charge in [0, 0.05) is 82.1 Å². The molecule has 0 aliphatic carbocycles. The van der Waals surface area contributed by atoms with E-state index in [1.54, 1.807) is 0 Å². The number of ether oxygens (including phenoxy) is 2. The van der Waals surface area contributed by atoms with E-state index in [9.17, 15) is 0 Å². The van der Waals surface area contributed by atoms with Gasteiger partial charge in [-0.2, -0.15) is 9.97 Å². The van der Waals surface area contributed by atoms with Crippen molar-refractivity contribution in [2.75, 3.05) is 33.1 Å². The molecule has 0 radical (unpaired) electrons. The fraction of sp³-hybridized carbons (Fsp3) is 0.930. The van der Waals surface area contributed by atoms with Gasteiger partial charge in [0.15, 0.2) is 0 Å². The predicted molar refractivity (Wildman–Crippen MR) is 219 cm³/mol. The first-order valence-corrected chi connectivity index (χ1v) is 20.6. The lowest BCUT2D eigenvalue weighted by Gasteiger charge is -2.60. The van der Waals surface area contributed by atoms with Gasteiger partial charge in [-0.15, -0.1) is 4.98 Å². The molecule has 1 aromatic heterocycles. The number of hydrogen-bond donors (Lipinski definition) is 0. The molecule has 5 heterocycles. The summed E-state index contributed by atoms with van der Waals surface area (Å²) in [7, 11) is 9.05. The van der Waals surface area contributed by atoms with Crippen molar-refractivity contribution in [2.45, 2.75) is 231 Å². The van der Waals surface area contributed by atoms with Crippen LogP contribution in [0.1, 0.15) is 162 Å². The number of likely N-dealkylation sites (tertiary alicyclic amines) is 4. The molecule has 304 valence electrons. The number of anilines is 1. The van der Waals surface area contributed by atoms with Crippen molar-refractivity contribution in [3.05, 3.63) is 0 Å². The predicted octanol–water partition coefficient (Wildman–Crippen LogP) is 8.04. The Labute approximate surface area is 325 Å². The van der Waals surface area contributed by atoms with Crippen molar-refractivity contribution >= 4 is 5.95 Å². The average Bonchev–Trinajstić information content (AvgIpc) is 2.95. The summed E-state index contributed by atoms with van der Waals surface area (Å²) in [6, 6.07) is 1.23. The zero-order valence-electron chi connectivity index (χ0n) is 37.9. The number of nitrogens with zero attached hydrogens (tertiary/aromatic N) is 8. The van der Waals surface area contributed by atoms with Crippen molar-refractivity contribution < 1.29 is 9.47 Å². The smallest absolute Gasteiger partial charge is 0.324 e. The molecule has 0 N–H and O–H groups in total. The minimum atomic E-state index is -0.0322. The molecular weight excluding hydrogens is 661 g/mol. The van der Waals surface area contributed by atoms with Gasteiger partial charge in [0.25, 0.3) is 0 Å². The summed E-state index contributed by atoms with van der Waals surface area (Å²) in [5.41, 5.74) is -0.171. The van der Waals surface area contributed by atoms with E-state index in [4.69, 9.17) is 24.4 Å². The van der Waals surface area contributed by atoms with E-state index in [0.29, 0.717) is 18.0 Å². The number of hydrogen-bond acceptors (Lipinski definition) is 10. The minimum absolute atomic E-state index is 0.0105. The number of aromatic nitrogens is 3. The molecule has 53 heavy (non-hydrogen) atoms. The molecule has 0 bridgehead atoms. The van der Waals surface area contributed by atoms with Crippen molar-refractivity contribution in [2.24, 2.45) is 0 Å². The Bertz CT molecular complexity index is 1310. The van der Waals surface area contributed by atoms with Crippen molar-refractivity contribution in [1.82, 2.24) is 34.6 Å². The summed E-state index contributed by atoms with van der Waals surface area (Å²) in [6.45, 7) is 37.7. The highest BCUT2D eigenvalue weighted by Crippen LogP contribution is 2.46. The standard InChI is InChI=1S/C43H80N8O2/c1-36(2)21-29(22-37(3,4)47(36)17)51(30-23-38(5,6)48(18)39(7,8)24-30)33-44-34(52-31-25-40(9,10)49(19)41(11,12)26-31)46-35(45-33)53-32-27-42(13,14)50(20)43(15,16)28-32/h29-32H,21-28H2,1-20H3. The number of piperidine rings is 4. The van der Waals surface area contributed by atoms with Crippen molar-refractivity contribution in [1.29, 1.82) is 0 Å². The second-order valence-electron chi connectivity index (χ2n) is 22.8. The van der Waals surface area contributed by atoms with E-state index in [1.807, 2.05) is 0 Å². The minimum Gasteiger partial charge on any atom is -0.460 e. The molecular formula is C43H80N8O2. The van der Waals surface area contributed by atoms with Crippen LogP contribution in [-0.2, 0) is 0 Å². The van der Waals surface area contributed by atoms with Crippen LogP contribution in [0, 0.1) is 0 Å². The van der Waals surface area contributed by atoms with Gasteiger partial charge in [-0.1, -0.05) is 0 Å². The van der Waals surface area contributed by atoms with E-state index in [1.165, 1.54) is 0 Å². The van der Waals surface area contributed by atoms with Crippen molar-refractivity contribution in [3.63, 3.8) is 0 Å². The Balaban J connectivity index is 1.64. The van der Waals surface area contributed by atoms with E-state index >= 15 is 0 Å². The summed E-state index contributed by atoms with van der Waals surface area (Å²) in [4.78, 5) is 28.4. The van der Waals surface area contributed by atoms with E-state index in [0.717, 1.165) is 51.4 Å². The highest BCUT2D eigenvalue weighted by Gasteiger charge is 2.52. The first-order chi connectivity index (χ1) is 23.8. The van der Waals surface area contributed by atoms with Crippen LogP contribution >= 0.6 is 0 Å². The molecule has 5 rings (SSSR count). The molecule has 4 aliphatic heterocycles. The molecule has 4 saturated heterocycles. The highest BCUT2D eigenvalue weighted by atomic mass is 16.5. The molecule has 0 unspecified atom stereocenters. The monoisotopic (exact) mass is 741 g/mol. The SMILES string of the molecule is CN1C(C)(C)CC(Oc2nc(OC3CC(C)(C)N(C)C(C)(C)C3)nc(N(C3CC(C)(C)N(C)C(C)(C)C3)C3CC(C)(C)N(C)C(C)(C)C3)n2)CC1(C)C. The fourth-order valence-corrected chi connectivity index (χ4v) is 11.2. The maximum Gasteiger partial charge on any atom is 0.324 e. The molecule has 0 spiro atoms. The maximum atomic E-state index is 6.95. The van der Waals surface area contributed by atoms with Gasteiger partial charge in [0.1, 0.15) is 12.2 Å². The summed E-state index contributed by atoms with van der Waals surface area (Å²) in [5, 5.41) is 0. The Morgan fingerprint density at radius 1 is 0.396 bits per heavy atom. The second-order valence-corrected chi connectivity index (χ2v) is 22.8. The van der Waals surface area contributed by atoms with Crippen LogP contribution in [0.3, 0.4) is 0 Å². The summed E-state index contributed by atoms with van der Waals surface area (Å²) < 4.78 is 13.9. The van der Waals surface area contributed by atoms with Crippen LogP contribution < -0.4 is 14.4 Å². The lowest BCUT2D eigenvalue weighted by Crippen LogP contribution is -2.67. The largest absolute Gasteiger partial charge is 0.460 e. The van der Waals surface area contributed by atoms with Gasteiger partial charge in [-0.3, -0.25) is 19.6 Å². The molecule has 0 saturated carbocycles. The molecule has 10 nitrogen and oxygen atoms in total. The molecule has 0 amide bonds. The van der Waals surface area contributed by atoms with E-state index in [2.05, 4.69) is 163 Å². The normalized spacial score (nSPS) is 29.5. The first-order valence-electron chi connectivity index (χ1n) is 20.6. The fourth-order valence-electron chi connectivity index (χ4n) is 11.2. The third-order valence-corrected chi connectivity index (χ3v) is 15.3. The van der Waals surface area contributed by atoms with Crippen LogP contribution in [0.25, 0.3) is 0 Å². The van der Waals surface area contributed by atoms with E-state index in [-0.39, 0.29) is 68.6 Å².